The third-order valence-electron chi connectivity index (χ3n) is 5.83. The van der Waals surface area contributed by atoms with Crippen LogP contribution in [0, 0.1) is 0 Å². The number of carbonyl (C=O) groups is 4. The molecule has 0 aliphatic heterocycles. The molecule has 7 heteroatoms. The molecule has 0 saturated carbocycles. The summed E-state index contributed by atoms with van der Waals surface area (Å²) in [4.78, 5) is 44.7. The van der Waals surface area contributed by atoms with E-state index in [0.717, 1.165) is 25.7 Å². The molecule has 0 bridgehead atoms. The summed E-state index contributed by atoms with van der Waals surface area (Å²) in [5.41, 5.74) is 0. The standard InChI is InChI=1S/C26H48N2O5/c1-22(19-20-24(30)27-21-26(32)33)28-25(31)18-16-14-12-10-8-6-4-3-5-7-9-11-13-15-17-23(2)29/h22H,3-21H2,1-2H3,(H,27,30)(H,28,31)(H,32,33). The van der Waals surface area contributed by atoms with Gasteiger partial charge in [0.2, 0.25) is 11.8 Å². The van der Waals surface area contributed by atoms with Crippen molar-refractivity contribution >= 4 is 23.6 Å². The molecule has 0 spiro atoms. The van der Waals surface area contributed by atoms with Crippen LogP contribution in [0.4, 0.5) is 0 Å². The van der Waals surface area contributed by atoms with Crippen LogP contribution < -0.4 is 10.6 Å². The van der Waals surface area contributed by atoms with Gasteiger partial charge in [-0.15, -0.1) is 0 Å². The van der Waals surface area contributed by atoms with Crippen LogP contribution in [-0.4, -0.2) is 41.3 Å². The van der Waals surface area contributed by atoms with Crippen LogP contribution in [0.3, 0.4) is 0 Å². The Hall–Kier alpha value is -1.92. The van der Waals surface area contributed by atoms with Crippen LogP contribution in [0.1, 0.15) is 129 Å². The molecule has 1 unspecified atom stereocenters. The van der Waals surface area contributed by atoms with E-state index in [2.05, 4.69) is 10.6 Å². The van der Waals surface area contributed by atoms with E-state index in [1.54, 1.807) is 6.92 Å². The van der Waals surface area contributed by atoms with Gasteiger partial charge in [0.15, 0.2) is 0 Å². The van der Waals surface area contributed by atoms with Crippen molar-refractivity contribution in [2.75, 3.05) is 6.54 Å². The second-order valence-electron chi connectivity index (χ2n) is 9.33. The van der Waals surface area contributed by atoms with Crippen molar-refractivity contribution in [2.24, 2.45) is 0 Å². The maximum absolute atomic E-state index is 12.0. The van der Waals surface area contributed by atoms with E-state index in [4.69, 9.17) is 5.11 Å². The number of carbonyl (C=O) groups excluding carboxylic acids is 3. The fourth-order valence-electron chi connectivity index (χ4n) is 3.81. The zero-order valence-corrected chi connectivity index (χ0v) is 21.1. The van der Waals surface area contributed by atoms with Crippen molar-refractivity contribution < 1.29 is 24.3 Å². The summed E-state index contributed by atoms with van der Waals surface area (Å²) < 4.78 is 0. The Balaban J connectivity index is 3.37. The fourth-order valence-corrected chi connectivity index (χ4v) is 3.81. The normalized spacial score (nSPS) is 11.7. The zero-order chi connectivity index (χ0) is 24.7. The van der Waals surface area contributed by atoms with Gasteiger partial charge in [0.1, 0.15) is 12.3 Å². The summed E-state index contributed by atoms with van der Waals surface area (Å²) in [5, 5.41) is 13.7. The molecular weight excluding hydrogens is 420 g/mol. The Bertz CT molecular complexity index is 551. The predicted molar refractivity (Wildman–Crippen MR) is 132 cm³/mol. The number of carboxylic acids is 1. The predicted octanol–water partition coefficient (Wildman–Crippen LogP) is 5.30. The number of rotatable bonds is 23. The van der Waals surface area contributed by atoms with Gasteiger partial charge in [-0.25, -0.2) is 0 Å². The van der Waals surface area contributed by atoms with Gasteiger partial charge in [-0.3, -0.25) is 14.4 Å². The Labute approximate surface area is 200 Å². The molecule has 0 fully saturated rings. The molecule has 2 amide bonds. The highest BCUT2D eigenvalue weighted by Crippen LogP contribution is 2.14. The van der Waals surface area contributed by atoms with Crippen LogP contribution in [0.5, 0.6) is 0 Å². The molecule has 0 aromatic heterocycles. The fraction of sp³-hybridized carbons (Fsp3) is 0.846. The molecular formula is C26H48N2O5. The molecule has 0 radical (unpaired) electrons. The molecule has 3 N–H and O–H groups in total. The summed E-state index contributed by atoms with van der Waals surface area (Å²) in [5.74, 6) is -1.05. The Kier molecular flexibility index (Phi) is 20.6. The maximum atomic E-state index is 12.0. The third kappa shape index (κ3) is 24.6. The van der Waals surface area contributed by atoms with Crippen molar-refractivity contribution in [3.63, 3.8) is 0 Å². The zero-order valence-electron chi connectivity index (χ0n) is 21.1. The van der Waals surface area contributed by atoms with Crippen LogP contribution in [0.25, 0.3) is 0 Å². The average molecular weight is 469 g/mol. The number of unbranched alkanes of at least 4 members (excludes halogenated alkanes) is 13. The van der Waals surface area contributed by atoms with Gasteiger partial charge >= 0.3 is 5.97 Å². The molecule has 0 saturated heterocycles. The van der Waals surface area contributed by atoms with E-state index >= 15 is 0 Å². The Morgan fingerprint density at radius 1 is 0.636 bits per heavy atom. The smallest absolute Gasteiger partial charge is 0.322 e. The number of hydrogen-bond acceptors (Lipinski definition) is 4. The summed E-state index contributed by atoms with van der Waals surface area (Å²) in [7, 11) is 0. The average Bonchev–Trinajstić information content (AvgIpc) is 2.75. The van der Waals surface area contributed by atoms with Crippen molar-refractivity contribution in [1.29, 1.82) is 0 Å². The van der Waals surface area contributed by atoms with E-state index in [1.165, 1.54) is 70.6 Å². The highest BCUT2D eigenvalue weighted by atomic mass is 16.4. The number of nitrogens with one attached hydrogen (secondary N) is 2. The number of aliphatic carboxylic acids is 1. The van der Waals surface area contributed by atoms with Crippen molar-refractivity contribution in [3.05, 3.63) is 0 Å². The minimum atomic E-state index is -1.06. The first-order valence-electron chi connectivity index (χ1n) is 13.1. The number of carboxylic acid groups (broad SMARTS) is 1. The Morgan fingerprint density at radius 2 is 1.06 bits per heavy atom. The van der Waals surface area contributed by atoms with Gasteiger partial charge in [-0.1, -0.05) is 77.0 Å². The largest absolute Gasteiger partial charge is 0.480 e. The quantitative estimate of drug-likeness (QED) is 0.176. The van der Waals surface area contributed by atoms with E-state index in [1.807, 2.05) is 6.92 Å². The van der Waals surface area contributed by atoms with E-state index in [-0.39, 0.29) is 30.8 Å². The molecule has 0 rings (SSSR count). The summed E-state index contributed by atoms with van der Waals surface area (Å²) in [6, 6.07) is -0.0974. The first-order valence-corrected chi connectivity index (χ1v) is 13.1. The van der Waals surface area contributed by atoms with Gasteiger partial charge in [-0.2, -0.15) is 0 Å². The molecule has 7 nitrogen and oxygen atoms in total. The lowest BCUT2D eigenvalue weighted by molar-refractivity contribution is -0.138. The molecule has 1 atom stereocenters. The lowest BCUT2D eigenvalue weighted by atomic mass is 10.0. The summed E-state index contributed by atoms with van der Waals surface area (Å²) in [6.07, 6.45) is 19.0. The molecule has 0 aliphatic carbocycles. The topological polar surface area (TPSA) is 113 Å². The molecule has 192 valence electrons. The van der Waals surface area contributed by atoms with Crippen LogP contribution >= 0.6 is 0 Å². The van der Waals surface area contributed by atoms with E-state index < -0.39 is 5.97 Å². The number of amides is 2. The van der Waals surface area contributed by atoms with Crippen molar-refractivity contribution in [1.82, 2.24) is 10.6 Å². The first kappa shape index (κ1) is 31.1. The highest BCUT2D eigenvalue weighted by Gasteiger charge is 2.10. The summed E-state index contributed by atoms with van der Waals surface area (Å²) >= 11 is 0. The second-order valence-corrected chi connectivity index (χ2v) is 9.33. The minimum Gasteiger partial charge on any atom is -0.480 e. The second kappa shape index (κ2) is 21.9. The first-order chi connectivity index (χ1) is 15.8. The number of Topliss-reactive ketones (excluding diaryl/α,β-unsaturated/α-hetero) is 1. The molecule has 0 aromatic rings. The monoisotopic (exact) mass is 468 g/mol. The molecule has 0 aliphatic rings. The Morgan fingerprint density at radius 3 is 1.48 bits per heavy atom. The van der Waals surface area contributed by atoms with Crippen molar-refractivity contribution in [3.8, 4) is 0 Å². The maximum Gasteiger partial charge on any atom is 0.322 e. The lowest BCUT2D eigenvalue weighted by Crippen LogP contribution is -2.34. The molecule has 0 heterocycles. The highest BCUT2D eigenvalue weighted by molar-refractivity contribution is 5.81. The van der Waals surface area contributed by atoms with Gasteiger partial charge in [0.25, 0.3) is 0 Å². The van der Waals surface area contributed by atoms with Gasteiger partial charge in [0.05, 0.1) is 0 Å². The molecule has 0 aromatic carbocycles. The molecule has 33 heavy (non-hydrogen) atoms. The lowest BCUT2D eigenvalue weighted by Gasteiger charge is -2.13. The van der Waals surface area contributed by atoms with Crippen LogP contribution in [-0.2, 0) is 19.2 Å². The van der Waals surface area contributed by atoms with Gasteiger partial charge in [0, 0.05) is 25.3 Å². The van der Waals surface area contributed by atoms with Crippen LogP contribution in [0.15, 0.2) is 0 Å². The third-order valence-corrected chi connectivity index (χ3v) is 5.83. The SMILES string of the molecule is CC(=O)CCCCCCCCCCCCCCCCC(=O)NC(C)CCC(=O)NCC(=O)O. The number of hydrogen-bond donors (Lipinski definition) is 3. The minimum absolute atomic E-state index is 0.0206. The van der Waals surface area contributed by atoms with Crippen molar-refractivity contribution in [2.45, 2.75) is 135 Å². The summed E-state index contributed by atoms with van der Waals surface area (Å²) in [6.45, 7) is 3.16. The van der Waals surface area contributed by atoms with E-state index in [0.29, 0.717) is 18.6 Å². The number of ketones is 1. The van der Waals surface area contributed by atoms with Crippen LogP contribution in [0.2, 0.25) is 0 Å². The van der Waals surface area contributed by atoms with Gasteiger partial charge < -0.3 is 20.5 Å². The van der Waals surface area contributed by atoms with E-state index in [9.17, 15) is 19.2 Å². The van der Waals surface area contributed by atoms with Gasteiger partial charge in [-0.05, 0) is 33.1 Å².